The molecular formula is C26H24As2N2O6S2. The molecule has 4 aromatic carbocycles. The van der Waals surface area contributed by atoms with Gasteiger partial charge in [0.15, 0.2) is 0 Å². The molecule has 196 valence electrons. The average Bonchev–Trinajstić information content (AvgIpc) is 2.86. The van der Waals surface area contributed by atoms with Gasteiger partial charge in [0.1, 0.15) is 0 Å². The fraction of sp³-hybridized carbons (Fsp3) is 0.0769. The van der Waals surface area contributed by atoms with E-state index in [0.29, 0.717) is 0 Å². The summed E-state index contributed by atoms with van der Waals surface area (Å²) in [7, 11) is -7.75. The molecule has 8 nitrogen and oxygen atoms in total. The van der Waals surface area contributed by atoms with E-state index in [2.05, 4.69) is 9.44 Å². The Morgan fingerprint density at radius 3 is 1.24 bits per heavy atom. The quantitative estimate of drug-likeness (QED) is 0.168. The van der Waals surface area contributed by atoms with Crippen LogP contribution in [0.5, 0.6) is 11.5 Å². The Morgan fingerprint density at radius 1 is 0.553 bits per heavy atom. The summed E-state index contributed by atoms with van der Waals surface area (Å²) in [5, 5.41) is 20.5. The molecule has 0 unspecified atom stereocenters. The molecule has 0 radical (unpaired) electrons. The van der Waals surface area contributed by atoms with E-state index in [1.165, 1.54) is 36.4 Å². The molecular weight excluding hydrogens is 650 g/mol. The number of phenols is 2. The molecule has 0 fully saturated rings. The third kappa shape index (κ3) is 6.94. The van der Waals surface area contributed by atoms with Crippen molar-refractivity contribution < 1.29 is 27.0 Å². The first-order chi connectivity index (χ1) is 17.9. The molecule has 4 N–H and O–H groups in total. The first-order valence-corrected chi connectivity index (χ1v) is 21.2. The number of rotatable bonds is 8. The zero-order chi connectivity index (χ0) is 27.5. The van der Waals surface area contributed by atoms with Crippen LogP contribution in [0.4, 0.5) is 11.4 Å². The van der Waals surface area contributed by atoms with E-state index < -0.39 is 46.3 Å². The Morgan fingerprint density at radius 2 is 0.895 bits per heavy atom. The van der Waals surface area contributed by atoms with Gasteiger partial charge in [0, 0.05) is 0 Å². The van der Waals surface area contributed by atoms with Crippen LogP contribution in [0.1, 0.15) is 11.1 Å². The Bertz CT molecular complexity index is 1590. The van der Waals surface area contributed by atoms with Gasteiger partial charge in [0.25, 0.3) is 0 Å². The Kier molecular flexibility index (Phi) is 8.48. The molecule has 0 saturated heterocycles. The zero-order valence-electron chi connectivity index (χ0n) is 20.3. The molecule has 0 atom stereocenters. The molecule has 0 bridgehead atoms. The first-order valence-electron chi connectivity index (χ1n) is 11.2. The summed E-state index contributed by atoms with van der Waals surface area (Å²) in [5.41, 5.74) is 2.05. The number of anilines is 2. The predicted molar refractivity (Wildman–Crippen MR) is 151 cm³/mol. The van der Waals surface area contributed by atoms with Gasteiger partial charge in [-0.25, -0.2) is 0 Å². The third-order valence-corrected chi connectivity index (χ3v) is 16.6. The van der Waals surface area contributed by atoms with E-state index in [0.717, 1.165) is 19.8 Å². The van der Waals surface area contributed by atoms with Gasteiger partial charge in [-0.15, -0.1) is 0 Å². The van der Waals surface area contributed by atoms with Crippen molar-refractivity contribution in [2.45, 2.75) is 23.6 Å². The number of phenolic OH excluding ortho intramolecular Hbond substituents is 2. The zero-order valence-corrected chi connectivity index (χ0v) is 25.7. The van der Waals surface area contributed by atoms with Gasteiger partial charge in [-0.05, 0) is 0 Å². The monoisotopic (exact) mass is 674 g/mol. The van der Waals surface area contributed by atoms with Crippen molar-refractivity contribution in [3.8, 4) is 11.5 Å². The third-order valence-electron chi connectivity index (χ3n) is 5.39. The molecule has 0 amide bonds. The minimum absolute atomic E-state index is 0.0943. The van der Waals surface area contributed by atoms with Gasteiger partial charge in [-0.1, -0.05) is 0 Å². The van der Waals surface area contributed by atoms with Crippen molar-refractivity contribution in [3.63, 3.8) is 0 Å². The topological polar surface area (TPSA) is 133 Å². The van der Waals surface area contributed by atoms with Crippen molar-refractivity contribution in [2.24, 2.45) is 0 Å². The van der Waals surface area contributed by atoms with E-state index in [4.69, 9.17) is 0 Å². The van der Waals surface area contributed by atoms with Gasteiger partial charge in [-0.3, -0.25) is 0 Å². The molecule has 12 heteroatoms. The maximum absolute atomic E-state index is 12.8. The van der Waals surface area contributed by atoms with Gasteiger partial charge in [0.2, 0.25) is 0 Å². The van der Waals surface area contributed by atoms with Crippen LogP contribution in [-0.2, 0) is 20.0 Å². The van der Waals surface area contributed by atoms with Crippen LogP contribution in [0, 0.1) is 13.8 Å². The summed E-state index contributed by atoms with van der Waals surface area (Å²) in [4.78, 5) is 0.189. The van der Waals surface area contributed by atoms with Crippen LogP contribution >= 0.6 is 0 Å². The molecule has 0 aliphatic rings. The standard InChI is InChI=1S/C26H24As2N2O6S2/c1-17-3-9-21(10-4-17)37(33,34)29-23-15-19(7-13-25(23)31)27-28-20-8-14-26(32)24(16-20)30-38(35,36)22-11-5-18(2)6-12-22/h3-16,29-32H,1-2H3. The number of sulfonamides is 2. The van der Waals surface area contributed by atoms with Gasteiger partial charge < -0.3 is 0 Å². The van der Waals surface area contributed by atoms with Gasteiger partial charge >= 0.3 is 234 Å². The van der Waals surface area contributed by atoms with Crippen molar-refractivity contribution in [1.82, 2.24) is 0 Å². The van der Waals surface area contributed by atoms with Crippen molar-refractivity contribution in [2.75, 3.05) is 9.44 Å². The molecule has 0 spiro atoms. The van der Waals surface area contributed by atoms with E-state index in [1.807, 2.05) is 13.8 Å². The second-order valence-electron chi connectivity index (χ2n) is 8.44. The SMILES string of the molecule is Cc1ccc(S(=O)(=O)Nc2cc([As]=[As]c3ccc(O)c(NS(=O)(=O)c4ccc(C)cc4)c3)ccc2O)cc1. The van der Waals surface area contributed by atoms with Crippen LogP contribution in [0.3, 0.4) is 0 Å². The molecule has 0 aliphatic carbocycles. The summed E-state index contributed by atoms with van der Waals surface area (Å²) >= 11 is -0.857. The van der Waals surface area contributed by atoms with E-state index >= 15 is 0 Å². The fourth-order valence-corrected chi connectivity index (χ4v) is 12.5. The van der Waals surface area contributed by atoms with Crippen LogP contribution in [0.25, 0.3) is 0 Å². The molecule has 38 heavy (non-hydrogen) atoms. The summed E-state index contributed by atoms with van der Waals surface area (Å²) in [5.74, 6) is -0.362. The molecule has 0 aliphatic heterocycles. The predicted octanol–water partition coefficient (Wildman–Crippen LogP) is 2.59. The molecule has 0 heterocycles. The van der Waals surface area contributed by atoms with Crippen LogP contribution < -0.4 is 18.1 Å². The van der Waals surface area contributed by atoms with Gasteiger partial charge in [0.05, 0.1) is 0 Å². The number of nitrogens with one attached hydrogen (secondary N) is 2. The Hall–Kier alpha value is -2.90. The van der Waals surface area contributed by atoms with E-state index in [1.54, 1.807) is 48.5 Å². The Balaban J connectivity index is 1.55. The number of benzene rings is 4. The van der Waals surface area contributed by atoms with Crippen molar-refractivity contribution in [3.05, 3.63) is 96.1 Å². The second-order valence-corrected chi connectivity index (χ2v) is 19.2. The normalized spacial score (nSPS) is 11.9. The van der Waals surface area contributed by atoms with Gasteiger partial charge in [-0.2, -0.15) is 0 Å². The minimum atomic E-state index is -3.87. The first kappa shape index (κ1) is 28.1. The van der Waals surface area contributed by atoms with Crippen molar-refractivity contribution >= 4 is 66.4 Å². The van der Waals surface area contributed by atoms with E-state index in [-0.39, 0.29) is 32.7 Å². The van der Waals surface area contributed by atoms with E-state index in [9.17, 15) is 27.0 Å². The summed E-state index contributed by atoms with van der Waals surface area (Å²) < 4.78 is 57.8. The van der Waals surface area contributed by atoms with Crippen LogP contribution in [0.15, 0.2) is 94.7 Å². The fourth-order valence-electron chi connectivity index (χ4n) is 3.29. The molecule has 4 aromatic rings. The van der Waals surface area contributed by atoms with Crippen LogP contribution in [0.2, 0.25) is 0 Å². The second kappa shape index (κ2) is 11.5. The summed E-state index contributed by atoms with van der Waals surface area (Å²) in [6.45, 7) is 3.72. The van der Waals surface area contributed by atoms with Crippen LogP contribution in [-0.4, -0.2) is 53.3 Å². The number of hydrogen-bond acceptors (Lipinski definition) is 6. The summed E-state index contributed by atoms with van der Waals surface area (Å²) in [6, 6.07) is 22.5. The average molecular weight is 674 g/mol. The molecule has 0 saturated carbocycles. The van der Waals surface area contributed by atoms with Crippen molar-refractivity contribution in [1.29, 1.82) is 0 Å². The number of aryl methyl sites for hydroxylation is 2. The summed E-state index contributed by atoms with van der Waals surface area (Å²) in [6.07, 6.45) is 0. The number of hydrogen-bond donors (Lipinski definition) is 4. The Labute approximate surface area is 232 Å². The maximum atomic E-state index is 12.8. The molecule has 4 rings (SSSR count). The molecule has 0 aromatic heterocycles. The number of aromatic hydroxyl groups is 2.